The quantitative estimate of drug-likeness (QED) is 0.744. The van der Waals surface area contributed by atoms with Gasteiger partial charge < -0.3 is 5.11 Å². The van der Waals surface area contributed by atoms with Crippen LogP contribution in [0.1, 0.15) is 0 Å². The first kappa shape index (κ1) is 9.01. The van der Waals surface area contributed by atoms with Crippen molar-refractivity contribution in [2.24, 2.45) is 0 Å². The van der Waals surface area contributed by atoms with E-state index in [4.69, 9.17) is 0 Å². The Labute approximate surface area is 80.6 Å². The Kier molecular flexibility index (Phi) is 1.75. The normalized spacial score (nSPS) is 12.1. The Morgan fingerprint density at radius 3 is 2.79 bits per heavy atom. The summed E-state index contributed by atoms with van der Waals surface area (Å²) in [5.41, 5.74) is 0.382. The second-order valence-corrected chi connectivity index (χ2v) is 4.88. The average molecular weight is 212 g/mol. The predicted octanol–water partition coefficient (Wildman–Crippen LogP) is 0.443. The third-order valence-electron chi connectivity index (χ3n) is 1.85. The monoisotopic (exact) mass is 212 g/mol. The van der Waals surface area contributed by atoms with E-state index in [0.29, 0.717) is 5.52 Å². The lowest BCUT2D eigenvalue weighted by molar-refractivity contribution is 0.425. The summed E-state index contributed by atoms with van der Waals surface area (Å²) < 4.78 is 23.9. The topological polar surface area (TPSA) is 71.7 Å². The third kappa shape index (κ3) is 1.24. The summed E-state index contributed by atoms with van der Waals surface area (Å²) in [5, 5.41) is 9.24. The highest BCUT2D eigenvalue weighted by atomic mass is 32.2. The Bertz CT molecular complexity index is 586. The molecule has 6 heteroatoms. The van der Waals surface area contributed by atoms with Crippen molar-refractivity contribution < 1.29 is 13.5 Å². The fourth-order valence-corrected chi connectivity index (χ4v) is 2.06. The van der Waals surface area contributed by atoms with E-state index in [0.717, 1.165) is 6.26 Å². The number of hydrogen-bond donors (Lipinski definition) is 1. The number of nitrogens with zero attached hydrogens (tertiary/aromatic N) is 2. The van der Waals surface area contributed by atoms with Gasteiger partial charge in [-0.1, -0.05) is 6.07 Å². The molecule has 0 saturated carbocycles. The summed E-state index contributed by atoms with van der Waals surface area (Å²) >= 11 is 0. The molecule has 0 aliphatic heterocycles. The molecule has 2 heterocycles. The van der Waals surface area contributed by atoms with Crippen LogP contribution in [0.15, 0.2) is 29.4 Å². The number of fused-ring (bicyclic) bond motifs is 1. The summed E-state index contributed by atoms with van der Waals surface area (Å²) in [4.78, 5) is 3.59. The maximum atomic E-state index is 11.3. The highest BCUT2D eigenvalue weighted by Crippen LogP contribution is 2.20. The van der Waals surface area contributed by atoms with Gasteiger partial charge in [0.05, 0.1) is 5.52 Å². The van der Waals surface area contributed by atoms with Gasteiger partial charge in [0.25, 0.3) is 6.01 Å². The zero-order valence-corrected chi connectivity index (χ0v) is 8.19. The highest BCUT2D eigenvalue weighted by Gasteiger charge is 2.17. The van der Waals surface area contributed by atoms with E-state index in [1.165, 1.54) is 4.40 Å². The second kappa shape index (κ2) is 2.71. The zero-order valence-electron chi connectivity index (χ0n) is 7.38. The van der Waals surface area contributed by atoms with Gasteiger partial charge in [-0.2, -0.15) is 4.98 Å². The highest BCUT2D eigenvalue weighted by molar-refractivity contribution is 7.90. The minimum atomic E-state index is -3.40. The number of imidazole rings is 1. The molecule has 0 amide bonds. The maximum absolute atomic E-state index is 11.3. The first-order valence-electron chi connectivity index (χ1n) is 3.86. The van der Waals surface area contributed by atoms with Crippen LogP contribution < -0.4 is 0 Å². The first-order chi connectivity index (χ1) is 6.50. The van der Waals surface area contributed by atoms with E-state index in [1.54, 1.807) is 24.4 Å². The van der Waals surface area contributed by atoms with Crippen molar-refractivity contribution in [2.75, 3.05) is 6.26 Å². The van der Waals surface area contributed by atoms with Gasteiger partial charge in [0, 0.05) is 12.5 Å². The largest absolute Gasteiger partial charge is 0.480 e. The van der Waals surface area contributed by atoms with Crippen molar-refractivity contribution >= 4 is 15.4 Å². The van der Waals surface area contributed by atoms with E-state index in [1.807, 2.05) is 0 Å². The summed E-state index contributed by atoms with van der Waals surface area (Å²) in [7, 11) is -3.40. The molecule has 0 aliphatic carbocycles. The molecule has 0 fully saturated rings. The van der Waals surface area contributed by atoms with Crippen LogP contribution >= 0.6 is 0 Å². The molecule has 5 nitrogen and oxygen atoms in total. The molecule has 0 saturated heterocycles. The number of hydrogen-bond acceptors (Lipinski definition) is 4. The number of aromatic nitrogens is 2. The van der Waals surface area contributed by atoms with E-state index >= 15 is 0 Å². The molecule has 2 rings (SSSR count). The van der Waals surface area contributed by atoms with E-state index < -0.39 is 9.84 Å². The van der Waals surface area contributed by atoms with Gasteiger partial charge in [0.2, 0.25) is 0 Å². The summed E-state index contributed by atoms with van der Waals surface area (Å²) in [6.07, 6.45) is 2.61. The molecule has 2 aromatic rings. The Hall–Kier alpha value is -1.56. The first-order valence-corrected chi connectivity index (χ1v) is 5.75. The molecule has 74 valence electrons. The lowest BCUT2D eigenvalue weighted by Crippen LogP contribution is -1.97. The SMILES string of the molecule is CS(=O)(=O)c1nc(O)n2ccccc12. The molecule has 0 spiro atoms. The van der Waals surface area contributed by atoms with E-state index in [-0.39, 0.29) is 11.0 Å². The van der Waals surface area contributed by atoms with Crippen LogP contribution in [-0.4, -0.2) is 29.2 Å². The third-order valence-corrected chi connectivity index (χ3v) is 2.85. The van der Waals surface area contributed by atoms with Gasteiger partial charge in [-0.3, -0.25) is 4.40 Å². The molecule has 14 heavy (non-hydrogen) atoms. The number of rotatable bonds is 1. The van der Waals surface area contributed by atoms with Crippen LogP contribution in [-0.2, 0) is 9.84 Å². The molecule has 0 unspecified atom stereocenters. The molecule has 0 atom stereocenters. The van der Waals surface area contributed by atoms with Crippen molar-refractivity contribution in [2.45, 2.75) is 5.03 Å². The van der Waals surface area contributed by atoms with Gasteiger partial charge in [0.1, 0.15) is 0 Å². The molecule has 1 N–H and O–H groups in total. The lowest BCUT2D eigenvalue weighted by atomic mass is 10.4. The Balaban J connectivity index is 2.93. The molecule has 0 bridgehead atoms. The van der Waals surface area contributed by atoms with Crippen molar-refractivity contribution in [3.05, 3.63) is 24.4 Å². The fraction of sp³-hybridized carbons (Fsp3) is 0.125. The van der Waals surface area contributed by atoms with Gasteiger partial charge in [-0.15, -0.1) is 0 Å². The van der Waals surface area contributed by atoms with Crippen molar-refractivity contribution in [1.82, 2.24) is 9.38 Å². The molecule has 2 aromatic heterocycles. The van der Waals surface area contributed by atoms with Crippen LogP contribution in [0.25, 0.3) is 5.52 Å². The summed E-state index contributed by atoms with van der Waals surface area (Å²) in [6.45, 7) is 0. The second-order valence-electron chi connectivity index (χ2n) is 2.95. The standard InChI is InChI=1S/C8H8N2O3S/c1-14(12,13)7-6-4-2-3-5-10(6)8(11)9-7/h2-5H,1H3,(H,9,11). The van der Waals surface area contributed by atoms with Crippen LogP contribution in [0, 0.1) is 0 Å². The molecular formula is C8H8N2O3S. The number of sulfone groups is 1. The minimum absolute atomic E-state index is 0.101. The van der Waals surface area contributed by atoms with Crippen molar-refractivity contribution in [3.63, 3.8) is 0 Å². The van der Waals surface area contributed by atoms with Crippen LogP contribution in [0.3, 0.4) is 0 Å². The van der Waals surface area contributed by atoms with Crippen molar-refractivity contribution in [3.8, 4) is 6.01 Å². The Morgan fingerprint density at radius 1 is 1.43 bits per heavy atom. The van der Waals surface area contributed by atoms with Crippen molar-refractivity contribution in [1.29, 1.82) is 0 Å². The lowest BCUT2D eigenvalue weighted by Gasteiger charge is -1.93. The maximum Gasteiger partial charge on any atom is 0.299 e. The van der Waals surface area contributed by atoms with Gasteiger partial charge in [-0.25, -0.2) is 8.42 Å². The Morgan fingerprint density at radius 2 is 2.14 bits per heavy atom. The summed E-state index contributed by atoms with van der Waals surface area (Å²) in [5.74, 6) is 0. The molecular weight excluding hydrogens is 204 g/mol. The average Bonchev–Trinajstić information content (AvgIpc) is 2.44. The smallest absolute Gasteiger partial charge is 0.299 e. The zero-order chi connectivity index (χ0) is 10.3. The number of pyridine rings is 1. The molecule has 0 radical (unpaired) electrons. The number of aromatic hydroxyl groups is 1. The predicted molar refractivity (Wildman–Crippen MR) is 50.0 cm³/mol. The van der Waals surface area contributed by atoms with Crippen LogP contribution in [0.5, 0.6) is 6.01 Å². The van der Waals surface area contributed by atoms with Crippen LogP contribution in [0.4, 0.5) is 0 Å². The van der Waals surface area contributed by atoms with Crippen LogP contribution in [0.2, 0.25) is 0 Å². The van der Waals surface area contributed by atoms with Gasteiger partial charge in [-0.05, 0) is 12.1 Å². The van der Waals surface area contributed by atoms with E-state index in [9.17, 15) is 13.5 Å². The van der Waals surface area contributed by atoms with Gasteiger partial charge >= 0.3 is 0 Å². The summed E-state index contributed by atoms with van der Waals surface area (Å²) in [6, 6.07) is 4.63. The molecule has 0 aromatic carbocycles. The minimum Gasteiger partial charge on any atom is -0.480 e. The van der Waals surface area contributed by atoms with E-state index in [2.05, 4.69) is 4.98 Å². The fourth-order valence-electron chi connectivity index (χ4n) is 1.27. The molecule has 0 aliphatic rings. The van der Waals surface area contributed by atoms with Gasteiger partial charge in [0.15, 0.2) is 14.9 Å².